The Morgan fingerprint density at radius 3 is 2.32 bits per heavy atom. The van der Waals surface area contributed by atoms with Crippen molar-refractivity contribution in [1.29, 1.82) is 0 Å². The number of hydrogen-bond acceptors (Lipinski definition) is 7. The fraction of sp³-hybridized carbons (Fsp3) is 0.300. The molecule has 1 aliphatic rings. The van der Waals surface area contributed by atoms with Crippen molar-refractivity contribution in [1.82, 2.24) is 20.5 Å². The van der Waals surface area contributed by atoms with Gasteiger partial charge in [0.1, 0.15) is 0 Å². The lowest BCUT2D eigenvalue weighted by Gasteiger charge is -2.23. The van der Waals surface area contributed by atoms with E-state index in [0.717, 1.165) is 6.07 Å². The Balaban J connectivity index is 0.00000324. The molecule has 1 fully saturated rings. The zero-order valence-corrected chi connectivity index (χ0v) is 19.9. The topological polar surface area (TPSA) is 126 Å². The average molecular weight is 537 g/mol. The van der Waals surface area contributed by atoms with Crippen LogP contribution in [0.25, 0.3) is 11.1 Å². The molecule has 0 saturated carbocycles. The monoisotopic (exact) mass is 536 g/mol. The summed E-state index contributed by atoms with van der Waals surface area (Å²) in [4.78, 5) is 3.87. The van der Waals surface area contributed by atoms with Crippen molar-refractivity contribution < 1.29 is 21.6 Å². The van der Waals surface area contributed by atoms with E-state index in [1.54, 1.807) is 0 Å². The third-order valence-electron chi connectivity index (χ3n) is 5.35. The van der Waals surface area contributed by atoms with Gasteiger partial charge in [-0.1, -0.05) is 23.7 Å². The summed E-state index contributed by atoms with van der Waals surface area (Å²) in [6, 6.07) is 7.52. The van der Waals surface area contributed by atoms with E-state index in [4.69, 9.17) is 17.3 Å². The number of nitrogen functional groups attached to an aromatic ring is 1. The number of nitrogens with zero attached hydrogens (tertiary/aromatic N) is 2. The molecule has 0 bridgehead atoms. The normalized spacial score (nSPS) is 15.1. The van der Waals surface area contributed by atoms with Gasteiger partial charge in [-0.05, 0) is 55.8 Å². The van der Waals surface area contributed by atoms with Crippen molar-refractivity contribution in [3.8, 4) is 11.1 Å². The first-order valence-corrected chi connectivity index (χ1v) is 11.9. The van der Waals surface area contributed by atoms with Crippen molar-refractivity contribution in [3.63, 3.8) is 0 Å². The van der Waals surface area contributed by atoms with Gasteiger partial charge in [0.25, 0.3) is 0 Å². The van der Waals surface area contributed by atoms with Gasteiger partial charge in [0.15, 0.2) is 9.84 Å². The second-order valence-electron chi connectivity index (χ2n) is 7.57. The molecule has 1 aromatic heterocycles. The molecule has 1 saturated heterocycles. The van der Waals surface area contributed by atoms with Crippen molar-refractivity contribution in [2.45, 2.75) is 29.2 Å². The van der Waals surface area contributed by atoms with Gasteiger partial charge in [0, 0.05) is 11.3 Å². The Morgan fingerprint density at radius 2 is 1.76 bits per heavy atom. The van der Waals surface area contributed by atoms with Crippen LogP contribution in [0.1, 0.15) is 18.4 Å². The smallest absolute Gasteiger partial charge is 0.368 e. The van der Waals surface area contributed by atoms with Gasteiger partial charge in [-0.15, -0.1) is 17.5 Å². The van der Waals surface area contributed by atoms with Gasteiger partial charge < -0.3 is 16.4 Å². The molecule has 34 heavy (non-hydrogen) atoms. The quantitative estimate of drug-likeness (QED) is 0.380. The summed E-state index contributed by atoms with van der Waals surface area (Å²) in [5.41, 5.74) is 4.34. The number of nitrogens with two attached hydrogens (primary N) is 1. The van der Waals surface area contributed by atoms with Gasteiger partial charge in [-0.25, -0.2) is 13.5 Å². The summed E-state index contributed by atoms with van der Waals surface area (Å²) in [5.74, 6) is -0.0206. The molecule has 0 radical (unpaired) electrons. The van der Waals surface area contributed by atoms with E-state index >= 15 is 0 Å². The van der Waals surface area contributed by atoms with Crippen LogP contribution in [0.3, 0.4) is 0 Å². The van der Waals surface area contributed by atoms with E-state index in [9.17, 15) is 21.6 Å². The van der Waals surface area contributed by atoms with Crippen LogP contribution in [0.4, 0.5) is 30.8 Å². The Labute approximate surface area is 204 Å². The number of alkyl halides is 3. The van der Waals surface area contributed by atoms with E-state index < -0.39 is 26.8 Å². The highest BCUT2D eigenvalue weighted by molar-refractivity contribution is 7.92. The van der Waals surface area contributed by atoms with Gasteiger partial charge >= 0.3 is 6.18 Å². The van der Waals surface area contributed by atoms with Crippen LogP contribution >= 0.6 is 24.0 Å². The second kappa shape index (κ2) is 9.98. The van der Waals surface area contributed by atoms with Crippen molar-refractivity contribution in [3.05, 3.63) is 47.0 Å². The molecule has 8 nitrogen and oxygen atoms in total. The minimum atomic E-state index is -4.73. The molecular weight excluding hydrogens is 516 g/mol. The number of rotatable bonds is 5. The molecule has 3 aromatic rings. The summed E-state index contributed by atoms with van der Waals surface area (Å²) >= 11 is 6.26. The predicted molar refractivity (Wildman–Crippen MR) is 126 cm³/mol. The molecule has 0 amide bonds. The maximum atomic E-state index is 13.9. The molecule has 184 valence electrons. The van der Waals surface area contributed by atoms with Crippen LogP contribution in [0.15, 0.2) is 41.3 Å². The number of H-pyrrole nitrogens is 1. The fourth-order valence-corrected chi connectivity index (χ4v) is 5.85. The molecule has 4 rings (SSSR count). The van der Waals surface area contributed by atoms with E-state index in [-0.39, 0.29) is 51.0 Å². The summed E-state index contributed by atoms with van der Waals surface area (Å²) in [7, 11) is -3.58. The third kappa shape index (κ3) is 5.40. The summed E-state index contributed by atoms with van der Waals surface area (Å²) < 4.78 is 67.5. The molecule has 2 heterocycles. The zero-order valence-electron chi connectivity index (χ0n) is 17.5. The number of aromatic amines is 1. The largest absolute Gasteiger partial charge is 0.417 e. The molecule has 0 spiro atoms. The van der Waals surface area contributed by atoms with Gasteiger partial charge in [0.2, 0.25) is 11.9 Å². The zero-order chi connectivity index (χ0) is 23.8. The first-order valence-electron chi connectivity index (χ1n) is 9.96. The predicted octanol–water partition coefficient (Wildman–Crippen LogP) is 4.42. The molecule has 0 unspecified atom stereocenters. The van der Waals surface area contributed by atoms with Crippen LogP contribution in [0.2, 0.25) is 5.02 Å². The summed E-state index contributed by atoms with van der Waals surface area (Å²) in [6.45, 7) is 1.21. The summed E-state index contributed by atoms with van der Waals surface area (Å²) in [5, 5.41) is 11.1. The van der Waals surface area contributed by atoms with Crippen LogP contribution in [0.5, 0.6) is 0 Å². The second-order valence-corrected chi connectivity index (χ2v) is 10.2. The molecule has 14 heteroatoms. The molecule has 2 aromatic carbocycles. The molecule has 0 aliphatic carbocycles. The number of aromatic nitrogens is 3. The standard InChI is InChI=1S/C20H20ClF3N6O2S.ClH/c21-16-10-12(27-19-28-18(25)29-30-19)9-15(20(22,23)24)17(16)11-1-3-13(4-2-11)33(31,32)14-5-7-26-8-6-14;/h1-4,9-10,14,26H,5-8H2,(H4,25,27,28,29,30);1H. The van der Waals surface area contributed by atoms with E-state index in [2.05, 4.69) is 25.8 Å². The van der Waals surface area contributed by atoms with Crippen LogP contribution in [-0.4, -0.2) is 41.9 Å². The van der Waals surface area contributed by atoms with Crippen LogP contribution in [0, 0.1) is 0 Å². The first-order chi connectivity index (χ1) is 15.6. The number of benzene rings is 2. The Hall–Kier alpha value is -2.54. The van der Waals surface area contributed by atoms with Crippen molar-refractivity contribution >= 4 is 51.4 Å². The lowest BCUT2D eigenvalue weighted by atomic mass is 9.98. The molecule has 5 N–H and O–H groups in total. The minimum absolute atomic E-state index is 0. The number of sulfone groups is 1. The lowest BCUT2D eigenvalue weighted by Crippen LogP contribution is -2.35. The average Bonchev–Trinajstić information content (AvgIpc) is 3.18. The van der Waals surface area contributed by atoms with Crippen molar-refractivity contribution in [2.24, 2.45) is 0 Å². The lowest BCUT2D eigenvalue weighted by molar-refractivity contribution is -0.137. The Bertz CT molecular complexity index is 1260. The number of halogens is 5. The van der Waals surface area contributed by atoms with Crippen LogP contribution < -0.4 is 16.4 Å². The molecular formula is C20H21Cl2F3N6O2S. The van der Waals surface area contributed by atoms with E-state index in [1.165, 1.54) is 30.3 Å². The number of nitrogens with one attached hydrogen (secondary N) is 3. The highest BCUT2D eigenvalue weighted by Gasteiger charge is 2.36. The number of hydrogen-bond donors (Lipinski definition) is 4. The number of anilines is 3. The van der Waals surface area contributed by atoms with Crippen LogP contribution in [-0.2, 0) is 16.0 Å². The van der Waals surface area contributed by atoms with Gasteiger partial charge in [-0.3, -0.25) is 0 Å². The molecule has 1 aliphatic heterocycles. The third-order valence-corrected chi connectivity index (χ3v) is 7.93. The van der Waals surface area contributed by atoms with E-state index in [0.29, 0.717) is 25.9 Å². The SMILES string of the molecule is Cl.Nc1nc(Nc2cc(Cl)c(-c3ccc(S(=O)(=O)C4CCNCC4)cc3)c(C(F)(F)F)c2)n[nH]1. The Morgan fingerprint density at radius 1 is 1.12 bits per heavy atom. The first kappa shape index (κ1) is 26.1. The summed E-state index contributed by atoms with van der Waals surface area (Å²) in [6.07, 6.45) is -3.76. The maximum absolute atomic E-state index is 13.9. The van der Waals surface area contributed by atoms with Gasteiger partial charge in [-0.2, -0.15) is 18.2 Å². The molecule has 0 atom stereocenters. The van der Waals surface area contributed by atoms with E-state index in [1.807, 2.05) is 0 Å². The van der Waals surface area contributed by atoms with Crippen molar-refractivity contribution in [2.75, 3.05) is 24.1 Å². The fourth-order valence-electron chi connectivity index (χ4n) is 3.76. The highest BCUT2D eigenvalue weighted by Crippen LogP contribution is 2.43. The highest BCUT2D eigenvalue weighted by atomic mass is 35.5. The Kier molecular flexibility index (Phi) is 7.65. The maximum Gasteiger partial charge on any atom is 0.417 e. The number of piperidine rings is 1. The minimum Gasteiger partial charge on any atom is -0.368 e. The van der Waals surface area contributed by atoms with Gasteiger partial charge in [0.05, 0.1) is 20.7 Å².